The lowest BCUT2D eigenvalue weighted by Gasteiger charge is -2.25. The van der Waals surface area contributed by atoms with Crippen molar-refractivity contribution in [1.29, 1.82) is 0 Å². The predicted molar refractivity (Wildman–Crippen MR) is 112 cm³/mol. The first kappa shape index (κ1) is 23.8. The van der Waals surface area contributed by atoms with Gasteiger partial charge in [-0.25, -0.2) is 4.98 Å². The summed E-state index contributed by atoms with van der Waals surface area (Å²) in [5, 5.41) is 0. The first-order chi connectivity index (χ1) is 14.3. The fourth-order valence-corrected chi connectivity index (χ4v) is 2.94. The molecule has 0 N–H and O–H groups in total. The number of aromatic nitrogens is 2. The summed E-state index contributed by atoms with van der Waals surface area (Å²) in [5.74, 6) is 0.304. The van der Waals surface area contributed by atoms with E-state index in [1.54, 1.807) is 4.90 Å². The Morgan fingerprint density at radius 3 is 2.43 bits per heavy atom. The molecular formula is C22H30F3N3O2. The van der Waals surface area contributed by atoms with Crippen LogP contribution in [0.4, 0.5) is 24.8 Å². The number of nitrogens with zero attached hydrogens (tertiary/aromatic N) is 3. The number of rotatable bonds is 11. The van der Waals surface area contributed by atoms with Crippen LogP contribution < -0.4 is 14.4 Å². The normalized spacial score (nSPS) is 11.6. The maximum absolute atomic E-state index is 13.4. The molecule has 0 aliphatic heterocycles. The fraction of sp³-hybridized carbons (Fsp3) is 0.545. The van der Waals surface area contributed by atoms with Crippen LogP contribution in [-0.2, 0) is 6.18 Å². The smallest absolute Gasteiger partial charge is 0.423 e. The van der Waals surface area contributed by atoms with E-state index in [0.717, 1.165) is 25.5 Å². The van der Waals surface area contributed by atoms with Crippen molar-refractivity contribution in [3.05, 3.63) is 36.0 Å². The van der Waals surface area contributed by atoms with Crippen LogP contribution in [0.5, 0.6) is 11.6 Å². The SMILES string of the molecule is CCCCCCOc1nc(N(CC)c2ccccc2OC(C)C)ncc1C(F)(F)F. The summed E-state index contributed by atoms with van der Waals surface area (Å²) in [5.41, 5.74) is -0.285. The average Bonchev–Trinajstić information content (AvgIpc) is 2.68. The fourth-order valence-electron chi connectivity index (χ4n) is 2.94. The Morgan fingerprint density at radius 1 is 1.07 bits per heavy atom. The van der Waals surface area contributed by atoms with Crippen LogP contribution in [0, 0.1) is 0 Å². The van der Waals surface area contributed by atoms with Crippen LogP contribution in [0.1, 0.15) is 58.9 Å². The molecule has 2 rings (SSSR count). The molecule has 0 bridgehead atoms. The van der Waals surface area contributed by atoms with Gasteiger partial charge in [0, 0.05) is 12.7 Å². The second kappa shape index (κ2) is 11.0. The molecule has 0 saturated heterocycles. The summed E-state index contributed by atoms with van der Waals surface area (Å²) in [6, 6.07) is 7.31. The third kappa shape index (κ3) is 6.50. The van der Waals surface area contributed by atoms with Gasteiger partial charge in [-0.2, -0.15) is 18.2 Å². The second-order valence-corrected chi connectivity index (χ2v) is 7.17. The topological polar surface area (TPSA) is 47.5 Å². The van der Waals surface area contributed by atoms with Crippen molar-refractivity contribution in [3.63, 3.8) is 0 Å². The van der Waals surface area contributed by atoms with Crippen molar-refractivity contribution in [2.24, 2.45) is 0 Å². The van der Waals surface area contributed by atoms with Gasteiger partial charge in [0.15, 0.2) is 0 Å². The van der Waals surface area contributed by atoms with E-state index in [0.29, 0.717) is 24.4 Å². The Balaban J connectivity index is 2.36. The molecule has 0 saturated carbocycles. The van der Waals surface area contributed by atoms with E-state index in [-0.39, 0.29) is 18.7 Å². The van der Waals surface area contributed by atoms with Gasteiger partial charge in [-0.15, -0.1) is 0 Å². The van der Waals surface area contributed by atoms with Gasteiger partial charge in [-0.1, -0.05) is 38.3 Å². The van der Waals surface area contributed by atoms with E-state index in [9.17, 15) is 13.2 Å². The van der Waals surface area contributed by atoms with Gasteiger partial charge in [0.1, 0.15) is 11.3 Å². The highest BCUT2D eigenvalue weighted by Crippen LogP contribution is 2.38. The lowest BCUT2D eigenvalue weighted by molar-refractivity contribution is -0.139. The van der Waals surface area contributed by atoms with E-state index >= 15 is 0 Å². The van der Waals surface area contributed by atoms with Crippen molar-refractivity contribution in [3.8, 4) is 11.6 Å². The lowest BCUT2D eigenvalue weighted by atomic mass is 10.2. The largest absolute Gasteiger partial charge is 0.489 e. The molecule has 0 radical (unpaired) electrons. The van der Waals surface area contributed by atoms with Crippen molar-refractivity contribution in [1.82, 2.24) is 9.97 Å². The number of hydrogen-bond donors (Lipinski definition) is 0. The quantitative estimate of drug-likeness (QED) is 0.390. The van der Waals surface area contributed by atoms with E-state index in [1.807, 2.05) is 45.0 Å². The molecule has 1 aromatic heterocycles. The highest BCUT2D eigenvalue weighted by molar-refractivity contribution is 5.65. The van der Waals surface area contributed by atoms with Crippen molar-refractivity contribution in [2.75, 3.05) is 18.1 Å². The Labute approximate surface area is 176 Å². The monoisotopic (exact) mass is 425 g/mol. The van der Waals surface area contributed by atoms with Gasteiger partial charge in [0.2, 0.25) is 11.8 Å². The third-order valence-corrected chi connectivity index (χ3v) is 4.36. The Morgan fingerprint density at radius 2 is 1.80 bits per heavy atom. The van der Waals surface area contributed by atoms with E-state index in [1.165, 1.54) is 0 Å². The minimum absolute atomic E-state index is 0.0552. The standard InChI is InChI=1S/C22H30F3N3O2/c1-5-7-8-11-14-29-20-17(22(23,24)25)15-26-21(27-20)28(6-2)18-12-9-10-13-19(18)30-16(3)4/h9-10,12-13,15-16H,5-8,11,14H2,1-4H3. The summed E-state index contributed by atoms with van der Waals surface area (Å²) in [4.78, 5) is 9.84. The van der Waals surface area contributed by atoms with Gasteiger partial charge >= 0.3 is 6.18 Å². The second-order valence-electron chi connectivity index (χ2n) is 7.17. The highest BCUT2D eigenvalue weighted by atomic mass is 19.4. The molecular weight excluding hydrogens is 395 g/mol. The molecule has 5 nitrogen and oxygen atoms in total. The maximum Gasteiger partial charge on any atom is 0.423 e. The minimum atomic E-state index is -4.59. The number of hydrogen-bond acceptors (Lipinski definition) is 5. The summed E-state index contributed by atoms with van der Waals surface area (Å²) >= 11 is 0. The van der Waals surface area contributed by atoms with Crippen LogP contribution >= 0.6 is 0 Å². The first-order valence-corrected chi connectivity index (χ1v) is 10.4. The van der Waals surface area contributed by atoms with Gasteiger partial charge in [-0.05, 0) is 39.3 Å². The molecule has 0 unspecified atom stereocenters. The molecule has 8 heteroatoms. The first-order valence-electron chi connectivity index (χ1n) is 10.4. The predicted octanol–water partition coefficient (Wildman–Crippen LogP) is 6.40. The lowest BCUT2D eigenvalue weighted by Crippen LogP contribution is -2.22. The molecule has 2 aromatic rings. The summed E-state index contributed by atoms with van der Waals surface area (Å²) in [6.45, 7) is 8.38. The number of anilines is 2. The zero-order valence-electron chi connectivity index (χ0n) is 18.0. The summed E-state index contributed by atoms with van der Waals surface area (Å²) in [6.07, 6.45) is -0.231. The van der Waals surface area contributed by atoms with Crippen LogP contribution in [0.25, 0.3) is 0 Å². The van der Waals surface area contributed by atoms with E-state index < -0.39 is 17.6 Å². The molecule has 0 aliphatic rings. The molecule has 0 spiro atoms. The van der Waals surface area contributed by atoms with Gasteiger partial charge in [-0.3, -0.25) is 0 Å². The van der Waals surface area contributed by atoms with E-state index in [2.05, 4.69) is 16.9 Å². The van der Waals surface area contributed by atoms with Crippen LogP contribution in [-0.4, -0.2) is 29.2 Å². The number of unbranched alkanes of at least 4 members (excludes halogenated alkanes) is 3. The van der Waals surface area contributed by atoms with Gasteiger partial charge < -0.3 is 14.4 Å². The van der Waals surface area contributed by atoms with Crippen LogP contribution in [0.15, 0.2) is 30.5 Å². The molecule has 166 valence electrons. The third-order valence-electron chi connectivity index (χ3n) is 4.36. The minimum Gasteiger partial charge on any atom is -0.489 e. The van der Waals surface area contributed by atoms with Crippen LogP contribution in [0.2, 0.25) is 0 Å². The Hall–Kier alpha value is -2.51. The van der Waals surface area contributed by atoms with E-state index in [4.69, 9.17) is 9.47 Å². The van der Waals surface area contributed by atoms with Gasteiger partial charge in [0.05, 0.1) is 18.4 Å². The molecule has 0 atom stereocenters. The molecule has 0 amide bonds. The zero-order chi connectivity index (χ0) is 22.1. The number of para-hydroxylation sites is 2. The molecule has 0 fully saturated rings. The molecule has 1 aromatic carbocycles. The molecule has 30 heavy (non-hydrogen) atoms. The average molecular weight is 425 g/mol. The zero-order valence-corrected chi connectivity index (χ0v) is 18.0. The summed E-state index contributed by atoms with van der Waals surface area (Å²) < 4.78 is 51.6. The molecule has 1 heterocycles. The highest BCUT2D eigenvalue weighted by Gasteiger charge is 2.36. The van der Waals surface area contributed by atoms with Gasteiger partial charge in [0.25, 0.3) is 0 Å². The number of halogens is 3. The summed E-state index contributed by atoms with van der Waals surface area (Å²) in [7, 11) is 0. The Kier molecular flexibility index (Phi) is 8.74. The number of ether oxygens (including phenoxy) is 2. The maximum atomic E-state index is 13.4. The Bertz CT molecular complexity index is 797. The number of benzene rings is 1. The van der Waals surface area contributed by atoms with Crippen LogP contribution in [0.3, 0.4) is 0 Å². The van der Waals surface area contributed by atoms with Crippen molar-refractivity contribution in [2.45, 2.75) is 65.7 Å². The van der Waals surface area contributed by atoms with Crippen molar-refractivity contribution < 1.29 is 22.6 Å². The number of alkyl halides is 3. The molecule has 0 aliphatic carbocycles. The van der Waals surface area contributed by atoms with Crippen molar-refractivity contribution >= 4 is 11.6 Å².